The molecule has 1 heterocycles. The summed E-state index contributed by atoms with van der Waals surface area (Å²) < 4.78 is 45.4. The summed E-state index contributed by atoms with van der Waals surface area (Å²) in [4.78, 5) is 20.4. The molecule has 1 aromatic carbocycles. The van der Waals surface area contributed by atoms with Gasteiger partial charge in [-0.15, -0.1) is 0 Å². The summed E-state index contributed by atoms with van der Waals surface area (Å²) in [6.45, 7) is 4.95. The van der Waals surface area contributed by atoms with Gasteiger partial charge in [0.05, 0.1) is 29.6 Å². The molecule has 10 heteroatoms. The van der Waals surface area contributed by atoms with Crippen LogP contribution >= 0.6 is 0 Å². The number of pyridine rings is 1. The van der Waals surface area contributed by atoms with Gasteiger partial charge < -0.3 is 25.2 Å². The predicted octanol–water partition coefficient (Wildman–Crippen LogP) is 4.39. The third-order valence-corrected chi connectivity index (χ3v) is 5.35. The minimum absolute atomic E-state index is 0.0680. The molecule has 2 rings (SSSR count). The number of nitrogens with zero attached hydrogens (tertiary/aromatic N) is 3. The molecule has 0 saturated carbocycles. The fraction of sp³-hybridized carbons (Fsp3) is 0.478. The number of hydrogen-bond acceptors (Lipinski definition) is 5. The molecule has 1 aromatic heterocycles. The SMILES string of the molecule is CCOCC(C)N(C)c1ccc(C(F)(F)F)cc1NC(=O)NCC(c1ccncc1)N(C)C. The highest BCUT2D eigenvalue weighted by Crippen LogP contribution is 2.35. The van der Waals surface area contributed by atoms with E-state index in [0.29, 0.717) is 18.9 Å². The van der Waals surface area contributed by atoms with Crippen LogP contribution in [0.2, 0.25) is 0 Å². The quantitative estimate of drug-likeness (QED) is 0.543. The number of benzene rings is 1. The number of alkyl halides is 3. The van der Waals surface area contributed by atoms with Crippen LogP contribution in [0.1, 0.15) is 31.0 Å². The fourth-order valence-corrected chi connectivity index (χ4v) is 3.30. The monoisotopic (exact) mass is 467 g/mol. The average molecular weight is 468 g/mol. The maximum absolute atomic E-state index is 13.3. The van der Waals surface area contributed by atoms with Gasteiger partial charge in [0, 0.05) is 38.6 Å². The number of anilines is 2. The second kappa shape index (κ2) is 11.9. The first kappa shape index (κ1) is 26.4. The van der Waals surface area contributed by atoms with Crippen molar-refractivity contribution in [2.24, 2.45) is 0 Å². The van der Waals surface area contributed by atoms with Crippen molar-refractivity contribution >= 4 is 17.4 Å². The Bertz CT molecular complexity index is 893. The van der Waals surface area contributed by atoms with Crippen LogP contribution in [0.15, 0.2) is 42.7 Å². The van der Waals surface area contributed by atoms with Gasteiger partial charge in [0.15, 0.2) is 0 Å². The molecule has 0 radical (unpaired) electrons. The first-order chi connectivity index (χ1) is 15.5. The molecule has 0 spiro atoms. The van der Waals surface area contributed by atoms with E-state index in [1.165, 1.54) is 6.07 Å². The molecule has 0 aliphatic carbocycles. The molecular weight excluding hydrogens is 435 g/mol. The third kappa shape index (κ3) is 7.61. The summed E-state index contributed by atoms with van der Waals surface area (Å²) in [7, 11) is 5.51. The Morgan fingerprint density at radius 3 is 2.39 bits per heavy atom. The number of carbonyl (C=O) groups is 1. The van der Waals surface area contributed by atoms with Crippen LogP contribution in [0.5, 0.6) is 0 Å². The summed E-state index contributed by atoms with van der Waals surface area (Å²) in [5.41, 5.74) is 0.650. The van der Waals surface area contributed by atoms with E-state index in [0.717, 1.165) is 17.7 Å². The lowest BCUT2D eigenvalue weighted by molar-refractivity contribution is -0.137. The van der Waals surface area contributed by atoms with E-state index in [1.54, 1.807) is 24.3 Å². The highest BCUT2D eigenvalue weighted by Gasteiger charge is 2.32. The smallest absolute Gasteiger partial charge is 0.380 e. The zero-order valence-corrected chi connectivity index (χ0v) is 19.6. The number of likely N-dealkylation sites (N-methyl/N-ethyl adjacent to an activating group) is 2. The second-order valence-corrected chi connectivity index (χ2v) is 7.94. The highest BCUT2D eigenvalue weighted by atomic mass is 19.4. The first-order valence-electron chi connectivity index (χ1n) is 10.7. The maximum Gasteiger partial charge on any atom is 0.416 e. The van der Waals surface area contributed by atoms with Gasteiger partial charge >= 0.3 is 12.2 Å². The number of aromatic nitrogens is 1. The topological polar surface area (TPSA) is 69.7 Å². The summed E-state index contributed by atoms with van der Waals surface area (Å²) in [5.74, 6) is 0. The number of carbonyl (C=O) groups excluding carboxylic acids is 1. The van der Waals surface area contributed by atoms with E-state index in [-0.39, 0.29) is 24.3 Å². The van der Waals surface area contributed by atoms with Crippen molar-refractivity contribution in [3.05, 3.63) is 53.9 Å². The highest BCUT2D eigenvalue weighted by molar-refractivity contribution is 5.93. The van der Waals surface area contributed by atoms with Crippen LogP contribution in [0.25, 0.3) is 0 Å². The van der Waals surface area contributed by atoms with Crippen molar-refractivity contribution in [1.29, 1.82) is 0 Å². The van der Waals surface area contributed by atoms with Crippen LogP contribution < -0.4 is 15.5 Å². The molecule has 33 heavy (non-hydrogen) atoms. The van der Waals surface area contributed by atoms with Crippen molar-refractivity contribution in [2.45, 2.75) is 32.1 Å². The van der Waals surface area contributed by atoms with Gasteiger partial charge in [-0.2, -0.15) is 13.2 Å². The van der Waals surface area contributed by atoms with Crippen molar-refractivity contribution in [3.8, 4) is 0 Å². The second-order valence-electron chi connectivity index (χ2n) is 7.94. The van der Waals surface area contributed by atoms with E-state index in [9.17, 15) is 18.0 Å². The van der Waals surface area contributed by atoms with Gasteiger partial charge in [-0.1, -0.05) is 0 Å². The average Bonchev–Trinajstić information content (AvgIpc) is 2.77. The van der Waals surface area contributed by atoms with Gasteiger partial charge in [-0.05, 0) is 63.8 Å². The van der Waals surface area contributed by atoms with Gasteiger partial charge in [0.2, 0.25) is 0 Å². The Balaban J connectivity index is 2.21. The number of amides is 2. The van der Waals surface area contributed by atoms with Gasteiger partial charge in [0.1, 0.15) is 0 Å². The Labute approximate surface area is 192 Å². The number of hydrogen-bond donors (Lipinski definition) is 2. The van der Waals surface area contributed by atoms with Gasteiger partial charge in [-0.3, -0.25) is 4.98 Å². The molecule has 0 bridgehead atoms. The molecule has 0 saturated heterocycles. The van der Waals surface area contributed by atoms with E-state index in [2.05, 4.69) is 15.6 Å². The molecule has 2 atom stereocenters. The Hall–Kier alpha value is -2.85. The molecule has 2 aromatic rings. The Kier molecular flexibility index (Phi) is 9.48. The molecule has 182 valence electrons. The van der Waals surface area contributed by atoms with Crippen molar-refractivity contribution in [3.63, 3.8) is 0 Å². The summed E-state index contributed by atoms with van der Waals surface area (Å²) in [6, 6.07) is 6.18. The Morgan fingerprint density at radius 2 is 1.82 bits per heavy atom. The third-order valence-electron chi connectivity index (χ3n) is 5.35. The Morgan fingerprint density at radius 1 is 1.15 bits per heavy atom. The van der Waals surface area contributed by atoms with Crippen LogP contribution in [0, 0.1) is 0 Å². The first-order valence-corrected chi connectivity index (χ1v) is 10.7. The summed E-state index contributed by atoms with van der Waals surface area (Å²) in [5, 5.41) is 5.36. The number of halogens is 3. The number of urea groups is 1. The van der Waals surface area contributed by atoms with Gasteiger partial charge in [0.25, 0.3) is 0 Å². The molecule has 0 aliphatic rings. The largest absolute Gasteiger partial charge is 0.416 e. The minimum atomic E-state index is -4.53. The predicted molar refractivity (Wildman–Crippen MR) is 123 cm³/mol. The number of ether oxygens (including phenoxy) is 1. The number of nitrogens with one attached hydrogen (secondary N) is 2. The summed E-state index contributed by atoms with van der Waals surface area (Å²) >= 11 is 0. The van der Waals surface area contributed by atoms with Crippen LogP contribution in [-0.4, -0.2) is 62.9 Å². The lowest BCUT2D eigenvalue weighted by Gasteiger charge is -2.29. The molecule has 0 fully saturated rings. The van der Waals surface area contributed by atoms with Crippen molar-refractivity contribution in [2.75, 3.05) is 51.1 Å². The van der Waals surface area contributed by atoms with Crippen LogP contribution in [0.4, 0.5) is 29.3 Å². The van der Waals surface area contributed by atoms with E-state index < -0.39 is 17.8 Å². The maximum atomic E-state index is 13.3. The van der Waals surface area contributed by atoms with E-state index in [4.69, 9.17) is 4.74 Å². The van der Waals surface area contributed by atoms with Crippen molar-refractivity contribution in [1.82, 2.24) is 15.2 Å². The molecule has 0 aliphatic heterocycles. The van der Waals surface area contributed by atoms with Gasteiger partial charge in [-0.25, -0.2) is 4.79 Å². The molecule has 2 amide bonds. The lowest BCUT2D eigenvalue weighted by atomic mass is 10.1. The fourth-order valence-electron chi connectivity index (χ4n) is 3.30. The zero-order chi connectivity index (χ0) is 24.6. The number of rotatable bonds is 10. The van der Waals surface area contributed by atoms with E-state index >= 15 is 0 Å². The minimum Gasteiger partial charge on any atom is -0.380 e. The molecular formula is C23H32F3N5O2. The van der Waals surface area contributed by atoms with E-state index in [1.807, 2.05) is 45.0 Å². The lowest BCUT2D eigenvalue weighted by Crippen LogP contribution is -2.38. The van der Waals surface area contributed by atoms with Crippen LogP contribution in [0.3, 0.4) is 0 Å². The summed E-state index contributed by atoms with van der Waals surface area (Å²) in [6.07, 6.45) is -1.20. The molecule has 2 N–H and O–H groups in total. The standard InChI is InChI=1S/C23H32F3N5O2/c1-6-33-15-16(2)31(5)20-8-7-18(23(24,25)26)13-19(20)29-22(32)28-14-21(30(3)4)17-9-11-27-12-10-17/h7-13,16,21H,6,14-15H2,1-5H3,(H2,28,29,32). The van der Waals surface area contributed by atoms with Crippen molar-refractivity contribution < 1.29 is 22.7 Å². The van der Waals surface area contributed by atoms with Crippen LogP contribution in [-0.2, 0) is 10.9 Å². The molecule has 2 unspecified atom stereocenters. The molecule has 7 nitrogen and oxygen atoms in total. The normalized spacial score (nSPS) is 13.5. The zero-order valence-electron chi connectivity index (χ0n) is 19.6.